The summed E-state index contributed by atoms with van der Waals surface area (Å²) in [6.45, 7) is 21.8. The van der Waals surface area contributed by atoms with Crippen molar-refractivity contribution in [2.75, 3.05) is 0 Å². The molecule has 0 heterocycles. The van der Waals surface area contributed by atoms with Gasteiger partial charge in [-0.25, -0.2) is 9.59 Å². The van der Waals surface area contributed by atoms with Crippen LogP contribution >= 0.6 is 0 Å². The van der Waals surface area contributed by atoms with Crippen LogP contribution in [0.25, 0.3) is 0 Å². The van der Waals surface area contributed by atoms with Gasteiger partial charge in [0.05, 0.1) is 5.41 Å². The molecule has 4 N–H and O–H groups in total. The van der Waals surface area contributed by atoms with Gasteiger partial charge in [0, 0.05) is 11.8 Å². The first-order valence-electron chi connectivity index (χ1n) is 19.0. The molecule has 0 aromatic rings. The van der Waals surface area contributed by atoms with Gasteiger partial charge in [-0.1, -0.05) is 60.1 Å². The fourth-order valence-electron chi connectivity index (χ4n) is 12.3. The van der Waals surface area contributed by atoms with E-state index in [4.69, 9.17) is 15.2 Å². The molecule has 9 heteroatoms. The number of allylic oxidation sites excluding steroid dienone is 2. The summed E-state index contributed by atoms with van der Waals surface area (Å²) in [7, 11) is 0. The first-order valence-corrected chi connectivity index (χ1v) is 19.0. The number of amides is 2. The Balaban J connectivity index is 1.40. The van der Waals surface area contributed by atoms with Crippen molar-refractivity contribution in [3.05, 3.63) is 11.6 Å². The maximum atomic E-state index is 13.7. The van der Waals surface area contributed by atoms with E-state index in [0.717, 1.165) is 51.4 Å². The molecule has 5 aliphatic carbocycles. The van der Waals surface area contributed by atoms with E-state index < -0.39 is 41.0 Å². The minimum atomic E-state index is -1.04. The number of hydrogen-bond donors (Lipinski definition) is 3. The number of nitrogens with one attached hydrogen (secondary N) is 1. The van der Waals surface area contributed by atoms with Crippen LogP contribution in [-0.4, -0.2) is 46.8 Å². The molecule has 0 aromatic carbocycles. The lowest BCUT2D eigenvalue weighted by molar-refractivity contribution is -0.215. The number of primary amides is 1. The van der Waals surface area contributed by atoms with Gasteiger partial charge in [-0.2, -0.15) is 0 Å². The number of hydrogen-bond acceptors (Lipinski definition) is 6. The predicted octanol–water partition coefficient (Wildman–Crippen LogP) is 7.80. The van der Waals surface area contributed by atoms with Crippen molar-refractivity contribution in [2.45, 2.75) is 158 Å². The van der Waals surface area contributed by atoms with Crippen molar-refractivity contribution in [1.29, 1.82) is 0 Å². The molecule has 4 saturated carbocycles. The number of carbonyl (C=O) groups excluding carboxylic acids is 3. The van der Waals surface area contributed by atoms with Gasteiger partial charge in [0.25, 0.3) is 0 Å². The SMILES string of the molecule is C[C@H]1[C@H](C)CC[C@]2(C(=O)O)CC[C@]3(C)C(=CC[C@@H]4[C@@]5(C)CC[C@H](OC(=O)[C@H](CCC(N)=O)NC(=O)OC(C)(C)C)C(C)(C)[C@@H]5CC[C@]43C)[C@H]12. The van der Waals surface area contributed by atoms with Gasteiger partial charge < -0.3 is 25.6 Å². The molecule has 0 radical (unpaired) electrons. The molecule has 5 aliphatic rings. The number of nitrogens with two attached hydrogens (primary N) is 1. The van der Waals surface area contributed by atoms with Crippen LogP contribution in [0.15, 0.2) is 11.6 Å². The monoisotopic (exact) mass is 684 g/mol. The molecule has 11 atom stereocenters. The lowest BCUT2D eigenvalue weighted by Crippen LogP contribution is -2.65. The molecule has 0 unspecified atom stereocenters. The van der Waals surface area contributed by atoms with Crippen LogP contribution in [-0.2, 0) is 23.9 Å². The summed E-state index contributed by atoms with van der Waals surface area (Å²) in [5.74, 6) is -0.0615. The number of fused-ring (bicyclic) bond motifs is 7. The number of carbonyl (C=O) groups is 4. The standard InChI is InChI=1S/C40H64N2O7/c1-23-15-20-40(33(45)46)22-21-38(9)25(31(40)24(23)2)11-13-28-37(8)18-17-29(36(6,7)27(37)16-19-39(28,38)10)48-32(44)26(12-14-30(41)43)42-34(47)49-35(3,4)5/h11,23-24,26-29,31H,12-22H2,1-10H3,(H2,41,43)(H,42,47)(H,45,46)/t23-,24+,26+,27+,28-,29+,31+,37+,38-,39-,40+/m1/s1. The summed E-state index contributed by atoms with van der Waals surface area (Å²) >= 11 is 0. The smallest absolute Gasteiger partial charge is 0.408 e. The zero-order valence-corrected chi connectivity index (χ0v) is 31.9. The quantitative estimate of drug-likeness (QED) is 0.183. The third-order valence-electron chi connectivity index (χ3n) is 15.3. The minimum Gasteiger partial charge on any atom is -0.481 e. The Morgan fingerprint density at radius 3 is 2.24 bits per heavy atom. The Bertz CT molecular complexity index is 1380. The van der Waals surface area contributed by atoms with Crippen molar-refractivity contribution in [1.82, 2.24) is 5.32 Å². The predicted molar refractivity (Wildman–Crippen MR) is 188 cm³/mol. The zero-order valence-electron chi connectivity index (χ0n) is 31.9. The van der Waals surface area contributed by atoms with Gasteiger partial charge in [0.15, 0.2) is 0 Å². The van der Waals surface area contributed by atoms with Gasteiger partial charge in [-0.3, -0.25) is 9.59 Å². The summed E-state index contributed by atoms with van der Waals surface area (Å²) in [6.07, 6.45) is 9.45. The number of esters is 1. The average molecular weight is 685 g/mol. The van der Waals surface area contributed by atoms with Crippen LogP contribution in [0, 0.1) is 56.7 Å². The van der Waals surface area contributed by atoms with E-state index in [-0.39, 0.29) is 46.5 Å². The zero-order chi connectivity index (χ0) is 36.5. The van der Waals surface area contributed by atoms with Crippen molar-refractivity contribution < 1.29 is 33.8 Å². The molecule has 0 aromatic heterocycles. The van der Waals surface area contributed by atoms with E-state index in [2.05, 4.69) is 59.9 Å². The Morgan fingerprint density at radius 2 is 1.63 bits per heavy atom. The second-order valence-corrected chi connectivity index (χ2v) is 19.1. The average Bonchev–Trinajstić information content (AvgIpc) is 2.97. The molecule has 5 rings (SSSR count). The minimum absolute atomic E-state index is 0.0113. The van der Waals surface area contributed by atoms with Gasteiger partial charge in [-0.15, -0.1) is 0 Å². The van der Waals surface area contributed by atoms with Gasteiger partial charge in [0.1, 0.15) is 17.7 Å². The molecule has 276 valence electrons. The van der Waals surface area contributed by atoms with Crippen LogP contribution in [0.3, 0.4) is 0 Å². The molecule has 9 nitrogen and oxygen atoms in total. The molecule has 0 saturated heterocycles. The Morgan fingerprint density at radius 1 is 0.959 bits per heavy atom. The van der Waals surface area contributed by atoms with E-state index >= 15 is 0 Å². The van der Waals surface area contributed by atoms with E-state index in [0.29, 0.717) is 30.1 Å². The number of alkyl carbamates (subject to hydrolysis) is 1. The number of carboxylic acids is 1. The summed E-state index contributed by atoms with van der Waals surface area (Å²) in [6, 6.07) is -1.04. The third-order valence-corrected chi connectivity index (χ3v) is 15.3. The van der Waals surface area contributed by atoms with E-state index in [1.807, 2.05) is 0 Å². The number of ether oxygens (including phenoxy) is 2. The van der Waals surface area contributed by atoms with E-state index in [9.17, 15) is 24.3 Å². The highest BCUT2D eigenvalue weighted by atomic mass is 16.6. The normalized spacial score (nSPS) is 41.7. The topological polar surface area (TPSA) is 145 Å². The maximum absolute atomic E-state index is 13.7. The van der Waals surface area contributed by atoms with Crippen LogP contribution < -0.4 is 11.1 Å². The number of carboxylic acid groups (broad SMARTS) is 1. The molecular weight excluding hydrogens is 620 g/mol. The second kappa shape index (κ2) is 12.6. The molecule has 49 heavy (non-hydrogen) atoms. The fraction of sp³-hybridized carbons (Fsp3) is 0.850. The van der Waals surface area contributed by atoms with E-state index in [1.165, 1.54) is 5.57 Å². The fourth-order valence-corrected chi connectivity index (χ4v) is 12.3. The van der Waals surface area contributed by atoms with Crippen molar-refractivity contribution in [2.24, 2.45) is 62.4 Å². The van der Waals surface area contributed by atoms with Gasteiger partial charge in [-0.05, 0) is 131 Å². The van der Waals surface area contributed by atoms with Crippen molar-refractivity contribution in [3.63, 3.8) is 0 Å². The lowest BCUT2D eigenvalue weighted by Gasteiger charge is -2.71. The number of aliphatic carboxylic acids is 1. The van der Waals surface area contributed by atoms with Gasteiger partial charge >= 0.3 is 18.0 Å². The van der Waals surface area contributed by atoms with Crippen LogP contribution in [0.1, 0.15) is 140 Å². The summed E-state index contributed by atoms with van der Waals surface area (Å²) < 4.78 is 11.7. The molecular formula is C40H64N2O7. The highest BCUT2D eigenvalue weighted by Gasteiger charge is 2.69. The van der Waals surface area contributed by atoms with Crippen LogP contribution in [0.4, 0.5) is 4.79 Å². The highest BCUT2D eigenvalue weighted by Crippen LogP contribution is 2.75. The maximum Gasteiger partial charge on any atom is 0.408 e. The highest BCUT2D eigenvalue weighted by molar-refractivity contribution is 5.83. The Labute approximate surface area is 294 Å². The van der Waals surface area contributed by atoms with E-state index in [1.54, 1.807) is 20.8 Å². The van der Waals surface area contributed by atoms with Gasteiger partial charge in [0.2, 0.25) is 5.91 Å². The second-order valence-electron chi connectivity index (χ2n) is 19.1. The van der Waals surface area contributed by atoms with Crippen LogP contribution in [0.5, 0.6) is 0 Å². The van der Waals surface area contributed by atoms with Crippen molar-refractivity contribution >= 4 is 23.9 Å². The Hall–Kier alpha value is -2.58. The first-order chi connectivity index (χ1) is 22.5. The molecule has 0 bridgehead atoms. The summed E-state index contributed by atoms with van der Waals surface area (Å²) in [5, 5.41) is 13.3. The largest absolute Gasteiger partial charge is 0.481 e. The van der Waals surface area contributed by atoms with Crippen molar-refractivity contribution in [3.8, 4) is 0 Å². The van der Waals surface area contributed by atoms with Crippen LogP contribution in [0.2, 0.25) is 0 Å². The first kappa shape index (κ1) is 37.7. The third kappa shape index (κ3) is 6.11. The number of rotatable bonds is 7. The lowest BCUT2D eigenvalue weighted by atomic mass is 9.33. The molecule has 0 spiro atoms. The Kier molecular flexibility index (Phi) is 9.67. The molecule has 0 aliphatic heterocycles. The summed E-state index contributed by atoms with van der Waals surface area (Å²) in [5.41, 5.74) is 5.09. The molecule has 2 amide bonds. The summed E-state index contributed by atoms with van der Waals surface area (Å²) in [4.78, 5) is 51.0. The molecule has 4 fully saturated rings.